The minimum Gasteiger partial charge on any atom is -0.384 e. The Morgan fingerprint density at radius 3 is 2.56 bits per heavy atom. The van der Waals surface area contributed by atoms with Crippen molar-refractivity contribution in [1.29, 1.82) is 0 Å². The van der Waals surface area contributed by atoms with Crippen molar-refractivity contribution in [3.05, 3.63) is 80.5 Å². The van der Waals surface area contributed by atoms with Gasteiger partial charge in [0.05, 0.1) is 0 Å². The van der Waals surface area contributed by atoms with E-state index in [1.54, 1.807) is 0 Å². The minimum atomic E-state index is -1.30. The second-order valence-corrected chi connectivity index (χ2v) is 12.7. The average Bonchev–Trinajstić information content (AvgIpc) is 3.12. The van der Waals surface area contributed by atoms with Crippen molar-refractivity contribution in [2.75, 3.05) is 0 Å². The van der Waals surface area contributed by atoms with Crippen LogP contribution in [0.2, 0.25) is 0 Å². The summed E-state index contributed by atoms with van der Waals surface area (Å²) in [5, 5.41) is 27.1. The van der Waals surface area contributed by atoms with Gasteiger partial charge in [-0.05, 0) is 74.0 Å². The fourth-order valence-electron chi connectivity index (χ4n) is 8.48. The van der Waals surface area contributed by atoms with E-state index in [-0.39, 0.29) is 17.8 Å². The van der Waals surface area contributed by atoms with Gasteiger partial charge in [-0.1, -0.05) is 97.5 Å². The first-order valence-electron chi connectivity index (χ1n) is 14.0. The Bertz CT molecular complexity index is 1180. The molecular weight excluding hydrogens is 487 g/mol. The van der Waals surface area contributed by atoms with Crippen LogP contribution in [-0.2, 0) is 0 Å². The van der Waals surface area contributed by atoms with Gasteiger partial charge in [0.2, 0.25) is 0 Å². The molecule has 6 rings (SSSR count). The number of rotatable bonds is 5. The van der Waals surface area contributed by atoms with Crippen LogP contribution in [0.15, 0.2) is 80.5 Å². The molecule has 0 aliphatic heterocycles. The van der Waals surface area contributed by atoms with Crippen LogP contribution in [0.4, 0.5) is 0 Å². The van der Waals surface area contributed by atoms with E-state index in [9.17, 15) is 10.2 Å². The number of allylic oxidation sites excluding steroid dienone is 8. The van der Waals surface area contributed by atoms with Gasteiger partial charge in [-0.15, -0.1) is 0 Å². The van der Waals surface area contributed by atoms with E-state index in [1.165, 1.54) is 11.1 Å². The maximum Gasteiger partial charge on any atom is 0.123 e. The van der Waals surface area contributed by atoms with Crippen LogP contribution in [-0.4, -0.2) is 21.4 Å². The van der Waals surface area contributed by atoms with Gasteiger partial charge in [0, 0.05) is 33.4 Å². The lowest BCUT2D eigenvalue weighted by atomic mass is 9.51. The molecule has 4 heteroatoms. The third-order valence-corrected chi connectivity index (χ3v) is 10.7. The molecule has 6 aliphatic carbocycles. The summed E-state index contributed by atoms with van der Waals surface area (Å²) < 4.78 is 0. The van der Waals surface area contributed by atoms with E-state index < -0.39 is 11.2 Å². The summed E-state index contributed by atoms with van der Waals surface area (Å²) >= 11 is 14.1. The molecule has 1 saturated carbocycles. The Balaban J connectivity index is 1.54. The van der Waals surface area contributed by atoms with Crippen molar-refractivity contribution in [2.45, 2.75) is 82.8 Å². The van der Waals surface area contributed by atoms with Crippen LogP contribution < -0.4 is 0 Å². The van der Waals surface area contributed by atoms with Gasteiger partial charge < -0.3 is 10.2 Å². The topological polar surface area (TPSA) is 40.5 Å². The zero-order valence-electron chi connectivity index (χ0n) is 21.4. The summed E-state index contributed by atoms with van der Waals surface area (Å²) in [7, 11) is 0. The predicted molar refractivity (Wildman–Crippen MR) is 149 cm³/mol. The van der Waals surface area contributed by atoms with Crippen molar-refractivity contribution in [2.24, 2.45) is 29.6 Å². The van der Waals surface area contributed by atoms with Crippen LogP contribution in [0.3, 0.4) is 0 Å². The molecule has 0 aromatic carbocycles. The maximum absolute atomic E-state index is 12.9. The summed E-state index contributed by atoms with van der Waals surface area (Å²) in [6.45, 7) is 4.45. The van der Waals surface area contributed by atoms with Crippen molar-refractivity contribution in [1.82, 2.24) is 0 Å². The zero-order chi connectivity index (χ0) is 25.2. The van der Waals surface area contributed by atoms with Crippen molar-refractivity contribution in [3.63, 3.8) is 0 Å². The Morgan fingerprint density at radius 2 is 1.83 bits per heavy atom. The van der Waals surface area contributed by atoms with E-state index in [4.69, 9.17) is 23.2 Å². The maximum atomic E-state index is 12.9. The Morgan fingerprint density at radius 1 is 1.00 bits per heavy atom. The lowest BCUT2D eigenvalue weighted by Gasteiger charge is -2.57. The Hall–Kier alpha value is -1.32. The Labute approximate surface area is 225 Å². The van der Waals surface area contributed by atoms with Gasteiger partial charge in [-0.2, -0.15) is 0 Å². The van der Waals surface area contributed by atoms with Gasteiger partial charge in [-0.3, -0.25) is 0 Å². The first-order chi connectivity index (χ1) is 17.3. The van der Waals surface area contributed by atoms with Gasteiger partial charge in [-0.25, -0.2) is 0 Å². The highest BCUT2D eigenvalue weighted by Gasteiger charge is 2.69. The molecule has 0 amide bonds. The molecule has 2 N–H and O–H groups in total. The second-order valence-electron chi connectivity index (χ2n) is 11.8. The first-order valence-corrected chi connectivity index (χ1v) is 14.8. The van der Waals surface area contributed by atoms with E-state index in [2.05, 4.69) is 44.2 Å². The third-order valence-electron chi connectivity index (χ3n) is 9.92. The molecule has 0 aromatic rings. The number of hydrogen-bond donors (Lipinski definition) is 2. The molecule has 36 heavy (non-hydrogen) atoms. The minimum absolute atomic E-state index is 0.0659. The van der Waals surface area contributed by atoms with E-state index >= 15 is 0 Å². The molecule has 1 fully saturated rings. The second kappa shape index (κ2) is 9.16. The highest BCUT2D eigenvalue weighted by atomic mass is 35.5. The van der Waals surface area contributed by atoms with Crippen LogP contribution in [0, 0.1) is 29.6 Å². The lowest BCUT2D eigenvalue weighted by Crippen LogP contribution is -2.62. The summed E-state index contributed by atoms with van der Waals surface area (Å²) in [5.41, 5.74) is 3.02. The predicted octanol–water partition coefficient (Wildman–Crippen LogP) is 8.04. The molecule has 0 radical (unpaired) electrons. The SMILES string of the molecule is CCCC1=CCC2C(C1)C1=C3C(=C(Cl)CC1)C(O)(C1=CCC(CCC)C=C1)C1C=CC=C(Cl)C1C32O. The monoisotopic (exact) mass is 524 g/mol. The lowest BCUT2D eigenvalue weighted by molar-refractivity contribution is -0.0867. The van der Waals surface area contributed by atoms with Gasteiger partial charge in [0.15, 0.2) is 0 Å². The fraction of sp³-hybridized carbons (Fsp3) is 0.562. The third kappa shape index (κ3) is 3.37. The van der Waals surface area contributed by atoms with E-state index in [0.29, 0.717) is 21.9 Å². The smallest absolute Gasteiger partial charge is 0.123 e. The van der Waals surface area contributed by atoms with Gasteiger partial charge >= 0.3 is 0 Å². The molecule has 0 aromatic heterocycles. The van der Waals surface area contributed by atoms with Crippen molar-refractivity contribution in [3.8, 4) is 0 Å². The Kier molecular flexibility index (Phi) is 6.35. The van der Waals surface area contributed by atoms with E-state index in [0.717, 1.165) is 74.5 Å². The molecule has 2 nitrogen and oxygen atoms in total. The molecule has 192 valence electrons. The summed E-state index contributed by atoms with van der Waals surface area (Å²) in [4.78, 5) is 0. The summed E-state index contributed by atoms with van der Waals surface area (Å²) in [5.74, 6) is 0.109. The van der Waals surface area contributed by atoms with Crippen LogP contribution in [0.25, 0.3) is 0 Å². The van der Waals surface area contributed by atoms with Crippen LogP contribution in [0.5, 0.6) is 0 Å². The average molecular weight is 526 g/mol. The molecule has 6 aliphatic rings. The largest absolute Gasteiger partial charge is 0.384 e. The molecule has 0 spiro atoms. The molecule has 0 heterocycles. The van der Waals surface area contributed by atoms with Crippen LogP contribution in [0.1, 0.15) is 71.6 Å². The number of aliphatic hydroxyl groups is 2. The van der Waals surface area contributed by atoms with Crippen molar-refractivity contribution >= 4 is 23.2 Å². The highest BCUT2D eigenvalue weighted by molar-refractivity contribution is 6.31. The number of hydrogen-bond acceptors (Lipinski definition) is 2. The standard InChI is InChI=1S/C32H38Cl2O2/c1-3-6-19-10-13-21(14-11-19)31(35)25-8-5-9-26(33)29(25)32(36)24-16-12-20(7-4-2)18-23(24)22-15-17-27(34)30(31)28(22)32/h5,8-10,12-14,19,23-25,29,35-36H,3-4,6-7,11,15-18H2,1-2H3. The number of fused-ring (bicyclic) bond motifs is 5. The summed E-state index contributed by atoms with van der Waals surface area (Å²) in [6.07, 6.45) is 23.8. The summed E-state index contributed by atoms with van der Waals surface area (Å²) in [6, 6.07) is 0. The van der Waals surface area contributed by atoms with E-state index in [1.807, 2.05) is 12.2 Å². The highest BCUT2D eigenvalue weighted by Crippen LogP contribution is 2.69. The zero-order valence-corrected chi connectivity index (χ0v) is 23.0. The normalized spacial score (nSPS) is 40.9. The first kappa shape index (κ1) is 25.0. The molecule has 7 atom stereocenters. The fourth-order valence-corrected chi connectivity index (χ4v) is 9.19. The molecule has 0 saturated heterocycles. The van der Waals surface area contributed by atoms with Crippen LogP contribution >= 0.6 is 23.2 Å². The van der Waals surface area contributed by atoms with Crippen molar-refractivity contribution < 1.29 is 10.2 Å². The molecule has 0 bridgehead atoms. The molecular formula is C32H38Cl2O2. The molecule has 7 unspecified atom stereocenters. The van der Waals surface area contributed by atoms with Gasteiger partial charge in [0.1, 0.15) is 11.2 Å². The number of halogens is 2. The van der Waals surface area contributed by atoms with Gasteiger partial charge in [0.25, 0.3) is 0 Å². The quantitative estimate of drug-likeness (QED) is 0.357.